The first-order valence-corrected chi connectivity index (χ1v) is 7.03. The maximum Gasteiger partial charge on any atom is 0.255 e. The standard InChI is InChI=1S/C15H16BrNO2/c1-3-14-13(8-9-19-14)15(18)17-10(2)11-4-6-12(16)7-5-11/h4-10H,3H2,1-2H3,(H,17,18). The predicted octanol–water partition coefficient (Wildman–Crippen LogP) is 4.10. The summed E-state index contributed by atoms with van der Waals surface area (Å²) in [6.45, 7) is 3.93. The van der Waals surface area contributed by atoms with E-state index in [0.29, 0.717) is 12.0 Å². The molecule has 1 atom stereocenters. The summed E-state index contributed by atoms with van der Waals surface area (Å²) in [5.74, 6) is 0.626. The van der Waals surface area contributed by atoms with Crippen molar-refractivity contribution in [3.63, 3.8) is 0 Å². The van der Waals surface area contributed by atoms with E-state index in [1.807, 2.05) is 38.1 Å². The van der Waals surface area contributed by atoms with Crippen molar-refractivity contribution in [2.75, 3.05) is 0 Å². The fourth-order valence-electron chi connectivity index (χ4n) is 1.93. The van der Waals surface area contributed by atoms with Crippen LogP contribution in [0.4, 0.5) is 0 Å². The molecule has 1 amide bonds. The highest BCUT2D eigenvalue weighted by Crippen LogP contribution is 2.18. The molecule has 3 nitrogen and oxygen atoms in total. The van der Waals surface area contributed by atoms with Crippen LogP contribution >= 0.6 is 15.9 Å². The highest BCUT2D eigenvalue weighted by molar-refractivity contribution is 9.10. The van der Waals surface area contributed by atoms with Crippen LogP contribution in [0.2, 0.25) is 0 Å². The van der Waals surface area contributed by atoms with E-state index in [1.165, 1.54) is 0 Å². The van der Waals surface area contributed by atoms with Gasteiger partial charge >= 0.3 is 0 Å². The number of aryl methyl sites for hydroxylation is 1. The summed E-state index contributed by atoms with van der Waals surface area (Å²) in [5, 5.41) is 2.98. The Hall–Kier alpha value is -1.55. The Kier molecular flexibility index (Phi) is 4.43. The minimum absolute atomic E-state index is 0.0415. The molecule has 4 heteroatoms. The van der Waals surface area contributed by atoms with E-state index < -0.39 is 0 Å². The van der Waals surface area contributed by atoms with Gasteiger partial charge in [0.25, 0.3) is 5.91 Å². The lowest BCUT2D eigenvalue weighted by Crippen LogP contribution is -2.26. The lowest BCUT2D eigenvalue weighted by atomic mass is 10.1. The molecule has 0 bridgehead atoms. The maximum absolute atomic E-state index is 12.2. The Morgan fingerprint density at radius 2 is 2.00 bits per heavy atom. The number of rotatable bonds is 4. The van der Waals surface area contributed by atoms with Gasteiger partial charge in [0.15, 0.2) is 0 Å². The zero-order valence-electron chi connectivity index (χ0n) is 10.9. The van der Waals surface area contributed by atoms with Crippen molar-refractivity contribution < 1.29 is 9.21 Å². The topological polar surface area (TPSA) is 42.2 Å². The van der Waals surface area contributed by atoms with Crippen molar-refractivity contribution >= 4 is 21.8 Å². The molecule has 0 saturated heterocycles. The molecule has 0 spiro atoms. The highest BCUT2D eigenvalue weighted by Gasteiger charge is 2.16. The van der Waals surface area contributed by atoms with Crippen LogP contribution in [0.25, 0.3) is 0 Å². The Morgan fingerprint density at radius 3 is 2.63 bits per heavy atom. The van der Waals surface area contributed by atoms with Crippen LogP contribution in [0.5, 0.6) is 0 Å². The first-order valence-electron chi connectivity index (χ1n) is 6.24. The number of furan rings is 1. The van der Waals surface area contributed by atoms with Crippen LogP contribution in [-0.2, 0) is 6.42 Å². The molecule has 0 saturated carbocycles. The molecule has 0 aliphatic carbocycles. The molecule has 100 valence electrons. The molecular formula is C15H16BrNO2. The third-order valence-electron chi connectivity index (χ3n) is 3.03. The van der Waals surface area contributed by atoms with E-state index in [4.69, 9.17) is 4.42 Å². The Morgan fingerprint density at radius 1 is 1.32 bits per heavy atom. The number of amides is 1. The zero-order chi connectivity index (χ0) is 13.8. The average Bonchev–Trinajstić information content (AvgIpc) is 2.87. The summed E-state index contributed by atoms with van der Waals surface area (Å²) in [6.07, 6.45) is 2.26. The van der Waals surface area contributed by atoms with Crippen molar-refractivity contribution in [1.29, 1.82) is 0 Å². The molecule has 1 heterocycles. The Bertz CT molecular complexity index is 560. The predicted molar refractivity (Wildman–Crippen MR) is 78.1 cm³/mol. The van der Waals surface area contributed by atoms with Crippen LogP contribution in [0.1, 0.15) is 41.6 Å². The van der Waals surface area contributed by atoms with Gasteiger partial charge in [-0.25, -0.2) is 0 Å². The summed E-state index contributed by atoms with van der Waals surface area (Å²) in [6, 6.07) is 9.58. The van der Waals surface area contributed by atoms with Gasteiger partial charge in [-0.1, -0.05) is 35.0 Å². The Balaban J connectivity index is 2.08. The number of carbonyl (C=O) groups is 1. The van der Waals surface area contributed by atoms with E-state index in [2.05, 4.69) is 21.2 Å². The van der Waals surface area contributed by atoms with Gasteiger partial charge in [-0.2, -0.15) is 0 Å². The number of carbonyl (C=O) groups excluding carboxylic acids is 1. The third kappa shape index (κ3) is 3.26. The van der Waals surface area contributed by atoms with Gasteiger partial charge in [-0.05, 0) is 30.7 Å². The van der Waals surface area contributed by atoms with Gasteiger partial charge in [-0.3, -0.25) is 4.79 Å². The number of nitrogens with one attached hydrogen (secondary N) is 1. The highest BCUT2D eigenvalue weighted by atomic mass is 79.9. The normalized spacial score (nSPS) is 12.2. The molecule has 19 heavy (non-hydrogen) atoms. The average molecular weight is 322 g/mol. The minimum atomic E-state index is -0.0963. The second-order valence-corrected chi connectivity index (χ2v) is 5.27. The van der Waals surface area contributed by atoms with Crippen molar-refractivity contribution in [3.8, 4) is 0 Å². The first-order chi connectivity index (χ1) is 9.11. The van der Waals surface area contributed by atoms with Gasteiger partial charge in [0.05, 0.1) is 17.9 Å². The molecule has 0 aliphatic rings. The van der Waals surface area contributed by atoms with Gasteiger partial charge < -0.3 is 9.73 Å². The fraction of sp³-hybridized carbons (Fsp3) is 0.267. The SMILES string of the molecule is CCc1occc1C(=O)NC(C)c1ccc(Br)cc1. The molecule has 1 aromatic carbocycles. The molecular weight excluding hydrogens is 306 g/mol. The molecule has 1 unspecified atom stereocenters. The van der Waals surface area contributed by atoms with Crippen LogP contribution in [-0.4, -0.2) is 5.91 Å². The fourth-order valence-corrected chi connectivity index (χ4v) is 2.19. The molecule has 0 fully saturated rings. The van der Waals surface area contributed by atoms with Crippen LogP contribution < -0.4 is 5.32 Å². The van der Waals surface area contributed by atoms with E-state index in [0.717, 1.165) is 15.8 Å². The monoisotopic (exact) mass is 321 g/mol. The summed E-state index contributed by atoms with van der Waals surface area (Å²) in [4.78, 5) is 12.2. The lowest BCUT2D eigenvalue weighted by Gasteiger charge is -2.14. The molecule has 2 aromatic rings. The van der Waals surface area contributed by atoms with Gasteiger partial charge in [0.2, 0.25) is 0 Å². The minimum Gasteiger partial charge on any atom is -0.469 e. The van der Waals surface area contributed by atoms with E-state index in [1.54, 1.807) is 12.3 Å². The molecule has 0 radical (unpaired) electrons. The lowest BCUT2D eigenvalue weighted by molar-refractivity contribution is 0.0938. The van der Waals surface area contributed by atoms with Crippen molar-refractivity contribution in [2.45, 2.75) is 26.3 Å². The number of hydrogen-bond donors (Lipinski definition) is 1. The van der Waals surface area contributed by atoms with E-state index in [-0.39, 0.29) is 11.9 Å². The van der Waals surface area contributed by atoms with Gasteiger partial charge in [0, 0.05) is 10.9 Å². The van der Waals surface area contributed by atoms with Crippen molar-refractivity contribution in [2.24, 2.45) is 0 Å². The second kappa shape index (κ2) is 6.06. The largest absolute Gasteiger partial charge is 0.469 e. The molecule has 2 rings (SSSR count). The first kappa shape index (κ1) is 13.9. The molecule has 1 aromatic heterocycles. The van der Waals surface area contributed by atoms with Crippen molar-refractivity contribution in [1.82, 2.24) is 5.32 Å². The van der Waals surface area contributed by atoms with Crippen LogP contribution in [0, 0.1) is 0 Å². The summed E-state index contributed by atoms with van der Waals surface area (Å²) < 4.78 is 6.30. The summed E-state index contributed by atoms with van der Waals surface area (Å²) >= 11 is 3.40. The quantitative estimate of drug-likeness (QED) is 0.921. The summed E-state index contributed by atoms with van der Waals surface area (Å²) in [5.41, 5.74) is 1.68. The second-order valence-electron chi connectivity index (χ2n) is 4.36. The summed E-state index contributed by atoms with van der Waals surface area (Å²) in [7, 11) is 0. The Labute approximate surface area is 121 Å². The smallest absolute Gasteiger partial charge is 0.255 e. The van der Waals surface area contributed by atoms with Crippen molar-refractivity contribution in [3.05, 3.63) is 58.0 Å². The molecule has 1 N–H and O–H groups in total. The van der Waals surface area contributed by atoms with Crippen LogP contribution in [0.15, 0.2) is 45.5 Å². The number of hydrogen-bond acceptors (Lipinski definition) is 2. The van der Waals surface area contributed by atoms with Gasteiger partial charge in [0.1, 0.15) is 5.76 Å². The maximum atomic E-state index is 12.2. The third-order valence-corrected chi connectivity index (χ3v) is 3.56. The van der Waals surface area contributed by atoms with Crippen LogP contribution in [0.3, 0.4) is 0 Å². The number of halogens is 1. The molecule has 0 aliphatic heterocycles. The van der Waals surface area contributed by atoms with E-state index >= 15 is 0 Å². The van der Waals surface area contributed by atoms with Gasteiger partial charge in [-0.15, -0.1) is 0 Å². The number of benzene rings is 1. The zero-order valence-corrected chi connectivity index (χ0v) is 12.5. The van der Waals surface area contributed by atoms with E-state index in [9.17, 15) is 4.79 Å².